The van der Waals surface area contributed by atoms with Gasteiger partial charge < -0.3 is 19.6 Å². The standard InChI is InChI=1S/C15H17NO4/c1-10(11-3-5-12(19-2)6-4-11)16-9-13-7-8-14(20-13)15(17)18/h3-8,10,16H,9H2,1-2H3,(H,17,18). The van der Waals surface area contributed by atoms with Crippen LogP contribution < -0.4 is 10.1 Å². The van der Waals surface area contributed by atoms with Crippen molar-refractivity contribution in [3.05, 3.63) is 53.5 Å². The largest absolute Gasteiger partial charge is 0.497 e. The zero-order chi connectivity index (χ0) is 14.5. The van der Waals surface area contributed by atoms with E-state index in [1.807, 2.05) is 31.2 Å². The second kappa shape index (κ2) is 6.25. The second-order valence-electron chi connectivity index (χ2n) is 4.45. The number of rotatable bonds is 6. The van der Waals surface area contributed by atoms with E-state index in [1.165, 1.54) is 6.07 Å². The van der Waals surface area contributed by atoms with Crippen molar-refractivity contribution in [2.45, 2.75) is 19.5 Å². The van der Waals surface area contributed by atoms with Crippen LogP contribution in [0.4, 0.5) is 0 Å². The highest BCUT2D eigenvalue weighted by molar-refractivity contribution is 5.84. The molecule has 0 radical (unpaired) electrons. The van der Waals surface area contributed by atoms with E-state index < -0.39 is 5.97 Å². The van der Waals surface area contributed by atoms with Crippen molar-refractivity contribution >= 4 is 5.97 Å². The molecule has 0 aliphatic rings. The monoisotopic (exact) mass is 275 g/mol. The number of hydrogen-bond donors (Lipinski definition) is 2. The van der Waals surface area contributed by atoms with E-state index in [2.05, 4.69) is 5.32 Å². The number of carboxylic acids is 1. The summed E-state index contributed by atoms with van der Waals surface area (Å²) in [5.41, 5.74) is 1.12. The predicted octanol–water partition coefficient (Wildman–Crippen LogP) is 2.84. The van der Waals surface area contributed by atoms with Crippen LogP contribution in [-0.4, -0.2) is 18.2 Å². The molecule has 20 heavy (non-hydrogen) atoms. The molecule has 0 fully saturated rings. The lowest BCUT2D eigenvalue weighted by Gasteiger charge is -2.13. The number of carboxylic acid groups (broad SMARTS) is 1. The fraction of sp³-hybridized carbons (Fsp3) is 0.267. The number of furan rings is 1. The molecule has 0 saturated heterocycles. The van der Waals surface area contributed by atoms with Crippen molar-refractivity contribution in [1.29, 1.82) is 0 Å². The molecule has 1 aromatic carbocycles. The van der Waals surface area contributed by atoms with Crippen molar-refractivity contribution in [2.24, 2.45) is 0 Å². The molecule has 0 aliphatic carbocycles. The first-order valence-corrected chi connectivity index (χ1v) is 6.29. The summed E-state index contributed by atoms with van der Waals surface area (Å²) in [7, 11) is 1.63. The van der Waals surface area contributed by atoms with Crippen LogP contribution in [-0.2, 0) is 6.54 Å². The number of carbonyl (C=O) groups is 1. The van der Waals surface area contributed by atoms with E-state index in [1.54, 1.807) is 13.2 Å². The normalized spacial score (nSPS) is 12.1. The van der Waals surface area contributed by atoms with Gasteiger partial charge in [-0.25, -0.2) is 4.79 Å². The Kier molecular flexibility index (Phi) is 4.42. The number of aromatic carboxylic acids is 1. The van der Waals surface area contributed by atoms with Gasteiger partial charge in [-0.1, -0.05) is 12.1 Å². The van der Waals surface area contributed by atoms with E-state index in [0.29, 0.717) is 12.3 Å². The lowest BCUT2D eigenvalue weighted by Crippen LogP contribution is -2.17. The molecule has 1 aromatic heterocycles. The summed E-state index contributed by atoms with van der Waals surface area (Å²) in [5.74, 6) is 0.319. The Labute approximate surface area is 117 Å². The molecular formula is C15H17NO4. The summed E-state index contributed by atoms with van der Waals surface area (Å²) < 4.78 is 10.3. The third-order valence-electron chi connectivity index (χ3n) is 3.07. The first-order chi connectivity index (χ1) is 9.60. The summed E-state index contributed by atoms with van der Waals surface area (Å²) in [6, 6.07) is 11.0. The van der Waals surface area contributed by atoms with E-state index in [4.69, 9.17) is 14.3 Å². The minimum atomic E-state index is -1.06. The van der Waals surface area contributed by atoms with Crippen molar-refractivity contribution in [2.75, 3.05) is 7.11 Å². The van der Waals surface area contributed by atoms with Gasteiger partial charge in [-0.05, 0) is 36.8 Å². The van der Waals surface area contributed by atoms with Gasteiger partial charge in [0.2, 0.25) is 5.76 Å². The van der Waals surface area contributed by atoms with Gasteiger partial charge in [0.1, 0.15) is 11.5 Å². The molecule has 5 nitrogen and oxygen atoms in total. The third-order valence-corrected chi connectivity index (χ3v) is 3.07. The molecule has 1 heterocycles. The zero-order valence-electron chi connectivity index (χ0n) is 11.4. The summed E-state index contributed by atoms with van der Waals surface area (Å²) in [4.78, 5) is 10.7. The molecule has 106 valence electrons. The molecule has 5 heteroatoms. The maximum atomic E-state index is 10.7. The second-order valence-corrected chi connectivity index (χ2v) is 4.45. The third kappa shape index (κ3) is 3.39. The summed E-state index contributed by atoms with van der Waals surface area (Å²) in [6.07, 6.45) is 0. The number of ether oxygens (including phenoxy) is 1. The molecule has 0 saturated carbocycles. The number of methoxy groups -OCH3 is 1. The van der Waals surface area contributed by atoms with Gasteiger partial charge in [0.25, 0.3) is 0 Å². The van der Waals surface area contributed by atoms with Gasteiger partial charge in [0.05, 0.1) is 13.7 Å². The average molecular weight is 275 g/mol. The summed E-state index contributed by atoms with van der Waals surface area (Å²) in [6.45, 7) is 2.50. The fourth-order valence-electron chi connectivity index (χ4n) is 1.85. The molecule has 0 bridgehead atoms. The molecule has 0 spiro atoms. The molecule has 0 aliphatic heterocycles. The Hall–Kier alpha value is -2.27. The summed E-state index contributed by atoms with van der Waals surface area (Å²) in [5, 5.41) is 12.1. The molecule has 2 aromatic rings. The van der Waals surface area contributed by atoms with Gasteiger partial charge in [-0.15, -0.1) is 0 Å². The summed E-state index contributed by atoms with van der Waals surface area (Å²) >= 11 is 0. The van der Waals surface area contributed by atoms with Gasteiger partial charge in [-0.2, -0.15) is 0 Å². The smallest absolute Gasteiger partial charge is 0.371 e. The highest BCUT2D eigenvalue weighted by Crippen LogP contribution is 2.18. The van der Waals surface area contributed by atoms with Crippen molar-refractivity contribution < 1.29 is 19.1 Å². The van der Waals surface area contributed by atoms with E-state index >= 15 is 0 Å². The predicted molar refractivity (Wildman–Crippen MR) is 73.9 cm³/mol. The zero-order valence-corrected chi connectivity index (χ0v) is 11.4. The van der Waals surface area contributed by atoms with Crippen molar-refractivity contribution in [3.8, 4) is 5.75 Å². The quantitative estimate of drug-likeness (QED) is 0.848. The van der Waals surface area contributed by atoms with Crippen LogP contribution in [0.25, 0.3) is 0 Å². The first kappa shape index (κ1) is 14.1. The number of hydrogen-bond acceptors (Lipinski definition) is 4. The Morgan fingerprint density at radius 2 is 2.00 bits per heavy atom. The van der Waals surface area contributed by atoms with Crippen LogP contribution in [0, 0.1) is 0 Å². The fourth-order valence-corrected chi connectivity index (χ4v) is 1.85. The van der Waals surface area contributed by atoms with Crippen LogP contribution in [0.5, 0.6) is 5.75 Å². The minimum absolute atomic E-state index is 0.0427. The Morgan fingerprint density at radius 3 is 2.55 bits per heavy atom. The van der Waals surface area contributed by atoms with Gasteiger partial charge in [0, 0.05) is 6.04 Å². The highest BCUT2D eigenvalue weighted by Gasteiger charge is 2.10. The number of nitrogens with one attached hydrogen (secondary N) is 1. The molecule has 2 rings (SSSR count). The Morgan fingerprint density at radius 1 is 1.30 bits per heavy atom. The first-order valence-electron chi connectivity index (χ1n) is 6.29. The van der Waals surface area contributed by atoms with Crippen molar-refractivity contribution in [1.82, 2.24) is 5.32 Å². The Bertz CT molecular complexity index is 574. The van der Waals surface area contributed by atoms with E-state index in [-0.39, 0.29) is 11.8 Å². The van der Waals surface area contributed by atoms with Crippen LogP contribution in [0.1, 0.15) is 34.8 Å². The van der Waals surface area contributed by atoms with Gasteiger partial charge in [-0.3, -0.25) is 0 Å². The maximum absolute atomic E-state index is 10.7. The van der Waals surface area contributed by atoms with Gasteiger partial charge >= 0.3 is 5.97 Å². The lowest BCUT2D eigenvalue weighted by molar-refractivity contribution is 0.0660. The van der Waals surface area contributed by atoms with Crippen LogP contribution >= 0.6 is 0 Å². The molecule has 2 N–H and O–H groups in total. The maximum Gasteiger partial charge on any atom is 0.371 e. The van der Waals surface area contributed by atoms with Crippen LogP contribution in [0.3, 0.4) is 0 Å². The SMILES string of the molecule is COc1ccc(C(C)NCc2ccc(C(=O)O)o2)cc1. The molecule has 1 unspecified atom stereocenters. The van der Waals surface area contributed by atoms with Crippen LogP contribution in [0.2, 0.25) is 0 Å². The molecular weight excluding hydrogens is 258 g/mol. The number of benzene rings is 1. The average Bonchev–Trinajstić information content (AvgIpc) is 2.94. The highest BCUT2D eigenvalue weighted by atomic mass is 16.5. The molecule has 1 atom stereocenters. The Balaban J connectivity index is 1.93. The van der Waals surface area contributed by atoms with Gasteiger partial charge in [0.15, 0.2) is 0 Å². The molecule has 0 amide bonds. The minimum Gasteiger partial charge on any atom is -0.497 e. The topological polar surface area (TPSA) is 71.7 Å². The van der Waals surface area contributed by atoms with E-state index in [9.17, 15) is 4.79 Å². The van der Waals surface area contributed by atoms with E-state index in [0.717, 1.165) is 11.3 Å². The van der Waals surface area contributed by atoms with Crippen LogP contribution in [0.15, 0.2) is 40.8 Å². The van der Waals surface area contributed by atoms with Crippen molar-refractivity contribution in [3.63, 3.8) is 0 Å². The lowest BCUT2D eigenvalue weighted by atomic mass is 10.1.